The van der Waals surface area contributed by atoms with Crippen molar-refractivity contribution >= 4 is 11.9 Å². The van der Waals surface area contributed by atoms with Gasteiger partial charge in [-0.15, -0.1) is 0 Å². The number of rotatable bonds is 2. The highest BCUT2D eigenvalue weighted by Crippen LogP contribution is 2.20. The normalized spacial score (nSPS) is 20.4. The van der Waals surface area contributed by atoms with Crippen LogP contribution in [0.1, 0.15) is 24.2 Å². The van der Waals surface area contributed by atoms with Crippen molar-refractivity contribution in [2.24, 2.45) is 11.7 Å². The first-order valence-corrected chi connectivity index (χ1v) is 5.93. The molecule has 1 aliphatic heterocycles. The summed E-state index contributed by atoms with van der Waals surface area (Å²) in [4.78, 5) is 22.1. The van der Waals surface area contributed by atoms with E-state index in [2.05, 4.69) is 14.9 Å². The summed E-state index contributed by atoms with van der Waals surface area (Å²) in [7, 11) is 0. The lowest BCUT2D eigenvalue weighted by molar-refractivity contribution is -0.122. The molecule has 1 fully saturated rings. The van der Waals surface area contributed by atoms with E-state index in [1.54, 1.807) is 0 Å². The number of carbonyl (C=O) groups is 1. The number of nitrogens with zero attached hydrogens (tertiary/aromatic N) is 3. The highest BCUT2D eigenvalue weighted by atomic mass is 16.1. The molecule has 92 valence electrons. The van der Waals surface area contributed by atoms with Crippen LogP contribution in [-0.2, 0) is 4.79 Å². The highest BCUT2D eigenvalue weighted by molar-refractivity contribution is 5.77. The zero-order valence-electron chi connectivity index (χ0n) is 10.3. The Morgan fingerprint density at radius 2 is 2.06 bits per heavy atom. The van der Waals surface area contributed by atoms with Gasteiger partial charge >= 0.3 is 0 Å². The van der Waals surface area contributed by atoms with Gasteiger partial charge in [-0.3, -0.25) is 4.79 Å². The van der Waals surface area contributed by atoms with Crippen molar-refractivity contribution in [3.63, 3.8) is 0 Å². The van der Waals surface area contributed by atoms with E-state index in [-0.39, 0.29) is 11.8 Å². The van der Waals surface area contributed by atoms with E-state index in [9.17, 15) is 4.79 Å². The second-order valence-corrected chi connectivity index (χ2v) is 4.64. The first kappa shape index (κ1) is 11.8. The highest BCUT2D eigenvalue weighted by Gasteiger charge is 2.25. The van der Waals surface area contributed by atoms with Gasteiger partial charge < -0.3 is 10.6 Å². The number of primary amides is 1. The molecule has 1 aromatic heterocycles. The molecule has 2 N–H and O–H groups in total. The van der Waals surface area contributed by atoms with Gasteiger partial charge in [-0.1, -0.05) is 0 Å². The van der Waals surface area contributed by atoms with Crippen LogP contribution < -0.4 is 10.6 Å². The van der Waals surface area contributed by atoms with Crippen LogP contribution in [0.4, 0.5) is 5.95 Å². The first-order valence-electron chi connectivity index (χ1n) is 5.93. The number of aryl methyl sites for hydroxylation is 2. The maximum Gasteiger partial charge on any atom is 0.225 e. The number of carbonyl (C=O) groups excluding carboxylic acids is 1. The number of hydrogen-bond acceptors (Lipinski definition) is 4. The smallest absolute Gasteiger partial charge is 0.225 e. The zero-order valence-corrected chi connectivity index (χ0v) is 10.3. The van der Waals surface area contributed by atoms with Crippen LogP contribution in [0, 0.1) is 19.8 Å². The minimum absolute atomic E-state index is 0.0758. The Bertz CT molecular complexity index is 412. The van der Waals surface area contributed by atoms with Gasteiger partial charge in [0.05, 0.1) is 5.92 Å². The van der Waals surface area contributed by atoms with E-state index in [1.807, 2.05) is 19.9 Å². The molecule has 1 atom stereocenters. The SMILES string of the molecule is Cc1cc(C)nc(N2CCC[C@@H](C(N)=O)C2)n1. The molecule has 0 aliphatic carbocycles. The topological polar surface area (TPSA) is 72.1 Å². The van der Waals surface area contributed by atoms with Gasteiger partial charge in [0.15, 0.2) is 0 Å². The first-order chi connectivity index (χ1) is 8.06. The summed E-state index contributed by atoms with van der Waals surface area (Å²) in [5.74, 6) is 0.417. The minimum atomic E-state index is -0.223. The summed E-state index contributed by atoms with van der Waals surface area (Å²) in [6.45, 7) is 5.44. The Labute approximate surface area is 101 Å². The fourth-order valence-electron chi connectivity index (χ4n) is 2.24. The number of nitrogens with two attached hydrogens (primary N) is 1. The predicted octanol–water partition coefficient (Wildman–Crippen LogP) is 0.795. The Hall–Kier alpha value is -1.65. The third kappa shape index (κ3) is 2.72. The van der Waals surface area contributed by atoms with Gasteiger partial charge in [0.25, 0.3) is 0 Å². The molecule has 0 spiro atoms. The van der Waals surface area contributed by atoms with E-state index in [0.29, 0.717) is 12.5 Å². The summed E-state index contributed by atoms with van der Waals surface area (Å²) in [6.07, 6.45) is 1.83. The van der Waals surface area contributed by atoms with Crippen LogP contribution in [-0.4, -0.2) is 29.0 Å². The predicted molar refractivity (Wildman–Crippen MR) is 65.6 cm³/mol. The van der Waals surface area contributed by atoms with Crippen molar-refractivity contribution < 1.29 is 4.79 Å². The van der Waals surface area contributed by atoms with Crippen molar-refractivity contribution in [3.8, 4) is 0 Å². The second-order valence-electron chi connectivity index (χ2n) is 4.64. The van der Waals surface area contributed by atoms with Crippen molar-refractivity contribution in [1.29, 1.82) is 0 Å². The fraction of sp³-hybridized carbons (Fsp3) is 0.583. The average molecular weight is 234 g/mol. The largest absolute Gasteiger partial charge is 0.369 e. The van der Waals surface area contributed by atoms with E-state index in [1.165, 1.54) is 0 Å². The molecule has 0 radical (unpaired) electrons. The maximum absolute atomic E-state index is 11.2. The summed E-state index contributed by atoms with van der Waals surface area (Å²) < 4.78 is 0. The van der Waals surface area contributed by atoms with E-state index < -0.39 is 0 Å². The molecule has 1 aliphatic rings. The van der Waals surface area contributed by atoms with E-state index in [4.69, 9.17) is 5.73 Å². The van der Waals surface area contributed by atoms with Crippen LogP contribution in [0.5, 0.6) is 0 Å². The number of aromatic nitrogens is 2. The molecule has 0 aromatic carbocycles. The third-order valence-corrected chi connectivity index (χ3v) is 3.08. The standard InChI is InChI=1S/C12H18N4O/c1-8-6-9(2)15-12(14-8)16-5-3-4-10(7-16)11(13)17/h6,10H,3-5,7H2,1-2H3,(H2,13,17)/t10-/m1/s1. The lowest BCUT2D eigenvalue weighted by Gasteiger charge is -2.31. The molecule has 2 rings (SSSR count). The average Bonchev–Trinajstić information content (AvgIpc) is 2.28. The summed E-state index contributed by atoms with van der Waals surface area (Å²) >= 11 is 0. The van der Waals surface area contributed by atoms with Gasteiger partial charge in [0, 0.05) is 24.5 Å². The third-order valence-electron chi connectivity index (χ3n) is 3.08. The van der Waals surface area contributed by atoms with Gasteiger partial charge in [0.1, 0.15) is 0 Å². The molecule has 0 bridgehead atoms. The van der Waals surface area contributed by atoms with Crippen LogP contribution >= 0.6 is 0 Å². The van der Waals surface area contributed by atoms with Gasteiger partial charge in [-0.2, -0.15) is 0 Å². The fourth-order valence-corrected chi connectivity index (χ4v) is 2.24. The Morgan fingerprint density at radius 3 is 2.65 bits per heavy atom. The molecular weight excluding hydrogens is 216 g/mol. The molecule has 5 nitrogen and oxygen atoms in total. The molecule has 0 saturated carbocycles. The summed E-state index contributed by atoms with van der Waals surface area (Å²) in [5, 5.41) is 0. The summed E-state index contributed by atoms with van der Waals surface area (Å²) in [6, 6.07) is 1.94. The zero-order chi connectivity index (χ0) is 12.4. The lowest BCUT2D eigenvalue weighted by atomic mass is 9.98. The van der Waals surface area contributed by atoms with Crippen molar-refractivity contribution in [1.82, 2.24) is 9.97 Å². The van der Waals surface area contributed by atoms with Crippen LogP contribution in [0.15, 0.2) is 6.07 Å². The number of amides is 1. The van der Waals surface area contributed by atoms with Crippen LogP contribution in [0.25, 0.3) is 0 Å². The molecular formula is C12H18N4O. The van der Waals surface area contributed by atoms with E-state index >= 15 is 0 Å². The number of hydrogen-bond donors (Lipinski definition) is 1. The number of piperidine rings is 1. The maximum atomic E-state index is 11.2. The molecule has 1 saturated heterocycles. The molecule has 5 heteroatoms. The van der Waals surface area contributed by atoms with Gasteiger partial charge in [-0.05, 0) is 32.8 Å². The minimum Gasteiger partial charge on any atom is -0.369 e. The Kier molecular flexibility index (Phi) is 3.26. The van der Waals surface area contributed by atoms with Crippen LogP contribution in [0.3, 0.4) is 0 Å². The van der Waals surface area contributed by atoms with Crippen LogP contribution in [0.2, 0.25) is 0 Å². The quantitative estimate of drug-likeness (QED) is 0.821. The van der Waals surface area contributed by atoms with Crippen molar-refractivity contribution in [2.45, 2.75) is 26.7 Å². The molecule has 1 amide bonds. The van der Waals surface area contributed by atoms with Crippen molar-refractivity contribution in [2.75, 3.05) is 18.0 Å². The number of anilines is 1. The molecule has 17 heavy (non-hydrogen) atoms. The Morgan fingerprint density at radius 1 is 1.41 bits per heavy atom. The lowest BCUT2D eigenvalue weighted by Crippen LogP contribution is -2.42. The van der Waals surface area contributed by atoms with Crippen molar-refractivity contribution in [3.05, 3.63) is 17.5 Å². The molecule has 2 heterocycles. The van der Waals surface area contributed by atoms with Gasteiger partial charge in [-0.25, -0.2) is 9.97 Å². The second kappa shape index (κ2) is 4.69. The van der Waals surface area contributed by atoms with Gasteiger partial charge in [0.2, 0.25) is 11.9 Å². The Balaban J connectivity index is 2.18. The monoisotopic (exact) mass is 234 g/mol. The summed E-state index contributed by atoms with van der Waals surface area (Å²) in [5.41, 5.74) is 7.27. The molecule has 1 aromatic rings. The van der Waals surface area contributed by atoms with E-state index in [0.717, 1.165) is 30.8 Å². The molecule has 0 unspecified atom stereocenters.